The number of hydrogen-bond donors (Lipinski definition) is 1. The number of benzene rings is 2. The minimum atomic E-state index is -1.56. The predicted molar refractivity (Wildman–Crippen MR) is 174 cm³/mol. The van der Waals surface area contributed by atoms with Gasteiger partial charge in [0.15, 0.2) is 0 Å². The van der Waals surface area contributed by atoms with Crippen LogP contribution in [0.15, 0.2) is 54.6 Å². The van der Waals surface area contributed by atoms with Crippen molar-refractivity contribution < 1.29 is 33.4 Å². The van der Waals surface area contributed by atoms with Crippen molar-refractivity contribution >= 4 is 41.4 Å². The third-order valence-corrected chi connectivity index (χ3v) is 9.65. The van der Waals surface area contributed by atoms with Crippen molar-refractivity contribution in [1.82, 2.24) is 4.90 Å². The second kappa shape index (κ2) is 16.7. The Balaban J connectivity index is 1.34. The molecule has 0 radical (unpaired) electrons. The van der Waals surface area contributed by atoms with Gasteiger partial charge in [-0.15, -0.1) is 0 Å². The van der Waals surface area contributed by atoms with Crippen molar-refractivity contribution in [2.75, 3.05) is 49.3 Å². The average molecular weight is 640 g/mol. The number of anilines is 1. The van der Waals surface area contributed by atoms with Crippen molar-refractivity contribution in [2.24, 2.45) is 17.6 Å². The molecule has 2 aliphatic heterocycles. The third kappa shape index (κ3) is 9.00. The van der Waals surface area contributed by atoms with Gasteiger partial charge >= 0.3 is 18.0 Å². The Morgan fingerprint density at radius 2 is 1.67 bits per heavy atom. The van der Waals surface area contributed by atoms with Crippen molar-refractivity contribution in [3.8, 4) is 0 Å². The van der Waals surface area contributed by atoms with Gasteiger partial charge in [0.1, 0.15) is 18.7 Å². The highest BCUT2D eigenvalue weighted by atomic mass is 32.2. The Hall–Kier alpha value is -3.57. The monoisotopic (exact) mass is 639 g/mol. The molecule has 1 fully saturated rings. The van der Waals surface area contributed by atoms with Gasteiger partial charge in [0.25, 0.3) is 0 Å². The normalized spacial score (nSPS) is 19.3. The summed E-state index contributed by atoms with van der Waals surface area (Å²) in [6.45, 7) is 5.06. The SMILES string of the molecule is CCOC(=O)CN1C(=O)C(N)([C@@H](CSCCC2CCN(C(=O)OCc3ccccc3)CC2)C(=O)OCC)CCc2ccccc21. The van der Waals surface area contributed by atoms with Crippen LogP contribution in [0, 0.1) is 11.8 Å². The molecule has 0 aromatic heterocycles. The summed E-state index contributed by atoms with van der Waals surface area (Å²) in [5, 5.41) is 0. The summed E-state index contributed by atoms with van der Waals surface area (Å²) in [4.78, 5) is 55.7. The first-order valence-electron chi connectivity index (χ1n) is 15.8. The number of nitrogens with two attached hydrogens (primary N) is 1. The van der Waals surface area contributed by atoms with Crippen LogP contribution in [-0.4, -0.2) is 78.7 Å². The molecule has 0 bridgehead atoms. The maximum absolute atomic E-state index is 14.1. The van der Waals surface area contributed by atoms with E-state index >= 15 is 0 Å². The van der Waals surface area contributed by atoms with E-state index in [0.29, 0.717) is 36.9 Å². The number of rotatable bonds is 13. The van der Waals surface area contributed by atoms with Crippen LogP contribution in [0.1, 0.15) is 50.7 Å². The second-order valence-corrected chi connectivity index (χ2v) is 12.7. The molecule has 0 aliphatic carbocycles. The molecule has 11 heteroatoms. The molecule has 2 aromatic rings. The minimum absolute atomic E-state index is 0.170. The van der Waals surface area contributed by atoms with Gasteiger partial charge in [-0.25, -0.2) is 4.79 Å². The van der Waals surface area contributed by atoms with Crippen LogP contribution in [0.3, 0.4) is 0 Å². The largest absolute Gasteiger partial charge is 0.466 e. The molecular formula is C34H45N3O7S. The number of para-hydroxylation sites is 1. The Morgan fingerprint density at radius 1 is 0.978 bits per heavy atom. The van der Waals surface area contributed by atoms with Gasteiger partial charge in [-0.2, -0.15) is 11.8 Å². The molecule has 2 aromatic carbocycles. The van der Waals surface area contributed by atoms with E-state index < -0.39 is 29.3 Å². The highest BCUT2D eigenvalue weighted by Crippen LogP contribution is 2.36. The molecule has 45 heavy (non-hydrogen) atoms. The van der Waals surface area contributed by atoms with E-state index in [9.17, 15) is 19.2 Å². The minimum Gasteiger partial charge on any atom is -0.466 e. The van der Waals surface area contributed by atoms with Crippen molar-refractivity contribution in [3.05, 3.63) is 65.7 Å². The zero-order valence-corrected chi connectivity index (χ0v) is 27.1. The van der Waals surface area contributed by atoms with Crippen LogP contribution < -0.4 is 10.6 Å². The molecule has 2 atom stereocenters. The summed E-state index contributed by atoms with van der Waals surface area (Å²) in [6.07, 6.45) is 3.10. The number of aryl methyl sites for hydroxylation is 1. The summed E-state index contributed by atoms with van der Waals surface area (Å²) in [7, 11) is 0. The zero-order chi connectivity index (χ0) is 32.2. The van der Waals surface area contributed by atoms with E-state index in [4.69, 9.17) is 19.9 Å². The third-order valence-electron chi connectivity index (χ3n) is 8.55. The lowest BCUT2D eigenvalue weighted by Gasteiger charge is -2.36. The number of ether oxygens (including phenoxy) is 3. The van der Waals surface area contributed by atoms with Gasteiger partial charge in [0.05, 0.1) is 19.1 Å². The smallest absolute Gasteiger partial charge is 0.410 e. The lowest BCUT2D eigenvalue weighted by Crippen LogP contribution is -2.63. The summed E-state index contributed by atoms with van der Waals surface area (Å²) in [5.74, 6) is -0.892. The first-order chi connectivity index (χ1) is 21.8. The van der Waals surface area contributed by atoms with Gasteiger partial charge in [-0.3, -0.25) is 19.3 Å². The van der Waals surface area contributed by atoms with E-state index in [-0.39, 0.29) is 38.9 Å². The van der Waals surface area contributed by atoms with E-state index in [0.717, 1.165) is 36.1 Å². The molecule has 244 valence electrons. The summed E-state index contributed by atoms with van der Waals surface area (Å²) < 4.78 is 16.1. The van der Waals surface area contributed by atoms with E-state index in [1.54, 1.807) is 36.6 Å². The Kier molecular flexibility index (Phi) is 12.7. The molecule has 4 rings (SSSR count). The van der Waals surface area contributed by atoms with Crippen LogP contribution in [0.4, 0.5) is 10.5 Å². The standard InChI is InChI=1S/C34H45N3O7S/c1-3-42-30(38)22-37-29-13-9-8-12-27(29)14-18-34(35,32(37)40)28(31(39)43-4-2)24-45-21-17-25-15-19-36(20-16-25)33(41)44-23-26-10-6-5-7-11-26/h5-13,25,28H,3-4,14-24,35H2,1-2H3/t28-,34?/m0/s1. The number of nitrogens with zero attached hydrogens (tertiary/aromatic N) is 2. The number of likely N-dealkylation sites (tertiary alicyclic amines) is 1. The lowest BCUT2D eigenvalue weighted by atomic mass is 9.80. The number of fused-ring (bicyclic) bond motifs is 1. The van der Waals surface area contributed by atoms with E-state index in [1.807, 2.05) is 48.5 Å². The molecule has 2 amide bonds. The molecule has 2 heterocycles. The fourth-order valence-corrected chi connectivity index (χ4v) is 7.28. The van der Waals surface area contributed by atoms with E-state index in [1.165, 1.54) is 4.90 Å². The molecule has 1 unspecified atom stereocenters. The maximum atomic E-state index is 14.1. The van der Waals surface area contributed by atoms with Crippen molar-refractivity contribution in [2.45, 2.75) is 58.1 Å². The number of carbonyl (C=O) groups excluding carboxylic acids is 4. The zero-order valence-electron chi connectivity index (χ0n) is 26.3. The van der Waals surface area contributed by atoms with Crippen molar-refractivity contribution in [1.29, 1.82) is 0 Å². The Labute approximate surface area is 269 Å². The Bertz CT molecular complexity index is 1300. The van der Waals surface area contributed by atoms with Crippen LogP contribution in [0.2, 0.25) is 0 Å². The predicted octanol–water partition coefficient (Wildman–Crippen LogP) is 4.58. The second-order valence-electron chi connectivity index (χ2n) is 11.5. The number of esters is 2. The molecular weight excluding hydrogens is 594 g/mol. The highest BCUT2D eigenvalue weighted by Gasteiger charge is 2.50. The van der Waals surface area contributed by atoms with Crippen LogP contribution >= 0.6 is 11.8 Å². The quantitative estimate of drug-likeness (QED) is 0.190. The first-order valence-corrected chi connectivity index (χ1v) is 17.0. The van der Waals surface area contributed by atoms with Crippen LogP contribution in [-0.2, 0) is 41.6 Å². The van der Waals surface area contributed by atoms with E-state index in [2.05, 4.69) is 0 Å². The molecule has 0 spiro atoms. The summed E-state index contributed by atoms with van der Waals surface area (Å²) in [5.41, 5.74) is 7.81. The first kappa shape index (κ1) is 34.3. The van der Waals surface area contributed by atoms with Gasteiger partial charge in [-0.05, 0) is 74.8 Å². The highest BCUT2D eigenvalue weighted by molar-refractivity contribution is 7.99. The number of piperidine rings is 1. The van der Waals surface area contributed by atoms with Crippen molar-refractivity contribution in [3.63, 3.8) is 0 Å². The molecule has 2 aliphatic rings. The maximum Gasteiger partial charge on any atom is 0.410 e. The average Bonchev–Trinajstić information content (AvgIpc) is 3.15. The molecule has 10 nitrogen and oxygen atoms in total. The lowest BCUT2D eigenvalue weighted by molar-refractivity contribution is -0.152. The van der Waals surface area contributed by atoms with Gasteiger partial charge in [-0.1, -0.05) is 48.5 Å². The van der Waals surface area contributed by atoms with Crippen LogP contribution in [0.25, 0.3) is 0 Å². The number of amides is 2. The fourth-order valence-electron chi connectivity index (χ4n) is 5.95. The molecule has 1 saturated heterocycles. The van der Waals surface area contributed by atoms with Crippen LogP contribution in [0.5, 0.6) is 0 Å². The van der Waals surface area contributed by atoms with Gasteiger partial charge in [0, 0.05) is 24.5 Å². The molecule has 0 saturated carbocycles. The van der Waals surface area contributed by atoms with Gasteiger partial charge in [0.2, 0.25) is 5.91 Å². The Morgan fingerprint density at radius 3 is 2.38 bits per heavy atom. The molecule has 2 N–H and O–H groups in total. The van der Waals surface area contributed by atoms with Gasteiger partial charge < -0.3 is 24.8 Å². The fraction of sp³-hybridized carbons (Fsp3) is 0.529. The topological polar surface area (TPSA) is 128 Å². The summed E-state index contributed by atoms with van der Waals surface area (Å²) in [6, 6.07) is 17.0. The number of thioether (sulfide) groups is 1. The summed E-state index contributed by atoms with van der Waals surface area (Å²) >= 11 is 1.58. The number of carbonyl (C=O) groups is 4. The number of hydrogen-bond acceptors (Lipinski definition) is 9.